The minimum absolute atomic E-state index is 0.398. The van der Waals surface area contributed by atoms with E-state index in [1.807, 2.05) is 0 Å². The molecule has 0 aromatic carbocycles. The van der Waals surface area contributed by atoms with Crippen LogP contribution < -0.4 is 0 Å². The molecule has 0 nitrogen and oxygen atoms in total. The van der Waals surface area contributed by atoms with Crippen molar-refractivity contribution < 1.29 is 0 Å². The summed E-state index contributed by atoms with van der Waals surface area (Å²) in [6, 6.07) is 0. The largest absolute Gasteiger partial charge is 0.179 e. The van der Waals surface area contributed by atoms with Crippen LogP contribution in [0.1, 0.15) is 149 Å². The van der Waals surface area contributed by atoms with Crippen molar-refractivity contribution in [2.45, 2.75) is 149 Å². The van der Waals surface area contributed by atoms with Gasteiger partial charge in [-0.1, -0.05) is 136 Å². The molecule has 0 fully saturated rings. The first kappa shape index (κ1) is 28.7. The summed E-state index contributed by atoms with van der Waals surface area (Å²) < 4.78 is 0. The van der Waals surface area contributed by atoms with Crippen LogP contribution in [0.2, 0.25) is 0 Å². The van der Waals surface area contributed by atoms with E-state index in [0.717, 1.165) is 11.5 Å². The molecule has 0 aromatic rings. The third-order valence-electron chi connectivity index (χ3n) is 6.54. The summed E-state index contributed by atoms with van der Waals surface area (Å²) in [4.78, 5) is 0. The Balaban J connectivity index is 3.57. The molecule has 0 rings (SSSR count). The third-order valence-corrected chi connectivity index (χ3v) is 7.88. The van der Waals surface area contributed by atoms with Gasteiger partial charge in [0.1, 0.15) is 0 Å². The van der Waals surface area contributed by atoms with Crippen LogP contribution >= 0.6 is 25.3 Å². The lowest BCUT2D eigenvalue weighted by molar-refractivity contribution is 0.298. The second-order valence-electron chi connectivity index (χ2n) is 9.33. The summed E-state index contributed by atoms with van der Waals surface area (Å²) in [6.07, 6.45) is 29.8. The zero-order chi connectivity index (χ0) is 20.8. The highest BCUT2D eigenvalue weighted by molar-refractivity contribution is 7.81. The zero-order valence-corrected chi connectivity index (χ0v) is 21.4. The van der Waals surface area contributed by atoms with Crippen molar-refractivity contribution in [1.29, 1.82) is 0 Å². The fraction of sp³-hybridized carbons (Fsp3) is 1.00. The molecular weight excluding hydrogens is 376 g/mol. The molecule has 0 heterocycles. The van der Waals surface area contributed by atoms with E-state index in [9.17, 15) is 0 Å². The Labute approximate surface area is 190 Å². The molecule has 170 valence electrons. The van der Waals surface area contributed by atoms with Crippen LogP contribution in [0.15, 0.2) is 0 Å². The van der Waals surface area contributed by atoms with Gasteiger partial charge in [0.05, 0.1) is 0 Å². The third kappa shape index (κ3) is 17.5. The molecule has 2 heteroatoms. The minimum atomic E-state index is 0.398. The quantitative estimate of drug-likeness (QED) is 0.117. The standard InChI is InChI=1S/C26H54S2/c1-3-5-7-9-11-12-13-14-15-16-17-19-21-23-26(24-27,25-28)22-20-18-10-8-6-4-2/h27-28H,3-25H2,1-2H3. The van der Waals surface area contributed by atoms with Gasteiger partial charge in [0, 0.05) is 0 Å². The molecule has 0 radical (unpaired) electrons. The lowest BCUT2D eigenvalue weighted by Crippen LogP contribution is -2.25. The fourth-order valence-corrected chi connectivity index (χ4v) is 5.32. The van der Waals surface area contributed by atoms with Gasteiger partial charge in [-0.25, -0.2) is 0 Å². The van der Waals surface area contributed by atoms with E-state index in [1.165, 1.54) is 135 Å². The van der Waals surface area contributed by atoms with Crippen LogP contribution in [0.3, 0.4) is 0 Å². The van der Waals surface area contributed by atoms with Gasteiger partial charge >= 0.3 is 0 Å². The second-order valence-corrected chi connectivity index (χ2v) is 9.96. The van der Waals surface area contributed by atoms with Crippen LogP contribution in [0, 0.1) is 5.41 Å². The Morgan fingerprint density at radius 3 is 0.893 bits per heavy atom. The van der Waals surface area contributed by atoms with Crippen LogP contribution in [0.25, 0.3) is 0 Å². The van der Waals surface area contributed by atoms with Gasteiger partial charge in [-0.05, 0) is 29.8 Å². The summed E-state index contributed by atoms with van der Waals surface area (Å²) in [5.74, 6) is 2.04. The molecule has 0 saturated carbocycles. The number of rotatable bonds is 23. The first-order valence-electron chi connectivity index (χ1n) is 13.0. The number of unbranched alkanes of at least 4 members (excludes halogenated alkanes) is 17. The van der Waals surface area contributed by atoms with E-state index in [0.29, 0.717) is 5.41 Å². The zero-order valence-electron chi connectivity index (χ0n) is 19.7. The van der Waals surface area contributed by atoms with Crippen LogP contribution in [-0.2, 0) is 0 Å². The van der Waals surface area contributed by atoms with E-state index >= 15 is 0 Å². The number of hydrogen-bond acceptors (Lipinski definition) is 2. The molecule has 0 atom stereocenters. The maximum atomic E-state index is 4.71. The van der Waals surface area contributed by atoms with E-state index in [-0.39, 0.29) is 0 Å². The Hall–Kier alpha value is 0.700. The topological polar surface area (TPSA) is 0 Å². The van der Waals surface area contributed by atoms with Crippen molar-refractivity contribution in [2.75, 3.05) is 11.5 Å². The summed E-state index contributed by atoms with van der Waals surface area (Å²) >= 11 is 9.42. The molecule has 0 N–H and O–H groups in total. The Kier molecular flexibility index (Phi) is 22.9. The van der Waals surface area contributed by atoms with Crippen LogP contribution in [0.4, 0.5) is 0 Å². The lowest BCUT2D eigenvalue weighted by Gasteiger charge is -2.31. The average molecular weight is 431 g/mol. The monoisotopic (exact) mass is 430 g/mol. The highest BCUT2D eigenvalue weighted by Gasteiger charge is 2.25. The van der Waals surface area contributed by atoms with Gasteiger partial charge in [-0.15, -0.1) is 0 Å². The Bertz CT molecular complexity index is 286. The van der Waals surface area contributed by atoms with Gasteiger partial charge in [0.25, 0.3) is 0 Å². The highest BCUT2D eigenvalue weighted by Crippen LogP contribution is 2.34. The van der Waals surface area contributed by atoms with Crippen molar-refractivity contribution >= 4 is 25.3 Å². The first-order valence-corrected chi connectivity index (χ1v) is 14.2. The number of hydrogen-bond donors (Lipinski definition) is 2. The normalized spacial score (nSPS) is 12.0. The Morgan fingerprint density at radius 2 is 0.643 bits per heavy atom. The summed E-state index contributed by atoms with van der Waals surface area (Å²) in [5, 5.41) is 0. The molecule has 0 unspecified atom stereocenters. The minimum Gasteiger partial charge on any atom is -0.179 e. The molecule has 0 saturated heterocycles. The molecule has 28 heavy (non-hydrogen) atoms. The average Bonchev–Trinajstić information content (AvgIpc) is 2.72. The van der Waals surface area contributed by atoms with Gasteiger partial charge in [0.2, 0.25) is 0 Å². The summed E-state index contributed by atoms with van der Waals surface area (Å²) in [7, 11) is 0. The van der Waals surface area contributed by atoms with E-state index in [1.54, 1.807) is 0 Å². The molecule has 0 bridgehead atoms. The molecule has 0 spiro atoms. The SMILES string of the molecule is CCCCCCCCCCCCCCCC(CS)(CS)CCCCCCCC. The van der Waals surface area contributed by atoms with E-state index < -0.39 is 0 Å². The van der Waals surface area contributed by atoms with Gasteiger partial charge in [-0.3, -0.25) is 0 Å². The maximum absolute atomic E-state index is 4.71. The van der Waals surface area contributed by atoms with Gasteiger partial charge in [-0.2, -0.15) is 25.3 Å². The summed E-state index contributed by atoms with van der Waals surface area (Å²) in [6.45, 7) is 4.59. The molecule has 0 aromatic heterocycles. The smallest absolute Gasteiger partial charge is 0.00334 e. The van der Waals surface area contributed by atoms with Crippen molar-refractivity contribution in [1.82, 2.24) is 0 Å². The van der Waals surface area contributed by atoms with Gasteiger partial charge < -0.3 is 0 Å². The van der Waals surface area contributed by atoms with Crippen LogP contribution in [0.5, 0.6) is 0 Å². The van der Waals surface area contributed by atoms with Crippen molar-refractivity contribution in [3.63, 3.8) is 0 Å². The summed E-state index contributed by atoms with van der Waals surface area (Å²) in [5.41, 5.74) is 0.398. The molecular formula is C26H54S2. The van der Waals surface area contributed by atoms with Crippen molar-refractivity contribution in [3.05, 3.63) is 0 Å². The molecule has 0 amide bonds. The second kappa shape index (κ2) is 22.4. The van der Waals surface area contributed by atoms with E-state index in [2.05, 4.69) is 13.8 Å². The van der Waals surface area contributed by atoms with Gasteiger partial charge in [0.15, 0.2) is 0 Å². The maximum Gasteiger partial charge on any atom is -0.00334 e. The molecule has 0 aliphatic carbocycles. The molecule has 0 aliphatic rings. The van der Waals surface area contributed by atoms with E-state index in [4.69, 9.17) is 25.3 Å². The first-order chi connectivity index (χ1) is 13.7. The predicted octanol–water partition coefficient (Wildman–Crippen LogP) is 10.1. The Morgan fingerprint density at radius 1 is 0.393 bits per heavy atom. The van der Waals surface area contributed by atoms with Crippen molar-refractivity contribution in [3.8, 4) is 0 Å². The number of thiol groups is 2. The highest BCUT2D eigenvalue weighted by atomic mass is 32.1. The fourth-order valence-electron chi connectivity index (χ4n) is 4.29. The predicted molar refractivity (Wildman–Crippen MR) is 138 cm³/mol. The van der Waals surface area contributed by atoms with Crippen LogP contribution in [-0.4, -0.2) is 11.5 Å². The lowest BCUT2D eigenvalue weighted by atomic mass is 9.81. The molecule has 0 aliphatic heterocycles. The van der Waals surface area contributed by atoms with Crippen molar-refractivity contribution in [2.24, 2.45) is 5.41 Å².